The fraction of sp³-hybridized carbons (Fsp3) is 0.571. The Balaban J connectivity index is 2.63. The van der Waals surface area contributed by atoms with Gasteiger partial charge in [0, 0.05) is 22.9 Å². The standard InChI is InChI=1S/C14H23NO2S2/c1-5-15-14(11(2)3)10-18-12-6-8-13(9-7-12)19(4,16)17/h6-9,11,14-15H,5,10H2,1-4H3. The van der Waals surface area contributed by atoms with E-state index in [0.29, 0.717) is 16.9 Å². The van der Waals surface area contributed by atoms with Crippen LogP contribution in [0.25, 0.3) is 0 Å². The second-order valence-electron chi connectivity index (χ2n) is 4.96. The van der Waals surface area contributed by atoms with Gasteiger partial charge in [-0.15, -0.1) is 11.8 Å². The van der Waals surface area contributed by atoms with Gasteiger partial charge in [0.15, 0.2) is 9.84 Å². The molecule has 0 heterocycles. The van der Waals surface area contributed by atoms with Gasteiger partial charge in [-0.2, -0.15) is 0 Å². The molecule has 0 saturated heterocycles. The summed E-state index contributed by atoms with van der Waals surface area (Å²) in [7, 11) is -3.09. The van der Waals surface area contributed by atoms with E-state index in [1.807, 2.05) is 12.1 Å². The van der Waals surface area contributed by atoms with Crippen LogP contribution >= 0.6 is 11.8 Å². The van der Waals surface area contributed by atoms with Crippen molar-refractivity contribution in [2.24, 2.45) is 5.92 Å². The van der Waals surface area contributed by atoms with E-state index in [1.54, 1.807) is 23.9 Å². The topological polar surface area (TPSA) is 46.2 Å². The molecule has 0 aromatic heterocycles. The Hall–Kier alpha value is -0.520. The van der Waals surface area contributed by atoms with E-state index in [0.717, 1.165) is 17.2 Å². The summed E-state index contributed by atoms with van der Waals surface area (Å²) in [5.74, 6) is 1.58. The molecule has 3 nitrogen and oxygen atoms in total. The van der Waals surface area contributed by atoms with Crippen molar-refractivity contribution >= 4 is 21.6 Å². The zero-order chi connectivity index (χ0) is 14.5. The Kier molecular flexibility index (Phi) is 6.36. The van der Waals surface area contributed by atoms with Gasteiger partial charge in [-0.1, -0.05) is 20.8 Å². The van der Waals surface area contributed by atoms with Crippen molar-refractivity contribution in [3.63, 3.8) is 0 Å². The SMILES string of the molecule is CCNC(CSc1ccc(S(C)(=O)=O)cc1)C(C)C. The highest BCUT2D eigenvalue weighted by Crippen LogP contribution is 2.22. The highest BCUT2D eigenvalue weighted by atomic mass is 32.2. The number of hydrogen-bond donors (Lipinski definition) is 1. The molecule has 0 aliphatic rings. The third kappa shape index (κ3) is 5.55. The predicted octanol–water partition coefficient (Wildman–Crippen LogP) is 2.82. The zero-order valence-electron chi connectivity index (χ0n) is 12.0. The largest absolute Gasteiger partial charge is 0.313 e. The Morgan fingerprint density at radius 1 is 1.21 bits per heavy atom. The highest BCUT2D eigenvalue weighted by Gasteiger charge is 2.12. The van der Waals surface area contributed by atoms with Crippen LogP contribution in [0.3, 0.4) is 0 Å². The Labute approximate surface area is 121 Å². The number of rotatable bonds is 7. The molecule has 108 valence electrons. The molecular formula is C14H23NO2S2. The molecule has 1 unspecified atom stereocenters. The third-order valence-electron chi connectivity index (χ3n) is 2.95. The summed E-state index contributed by atoms with van der Waals surface area (Å²) in [5, 5.41) is 3.47. The molecule has 0 amide bonds. The van der Waals surface area contributed by atoms with Crippen LogP contribution in [0.5, 0.6) is 0 Å². The third-order valence-corrected chi connectivity index (χ3v) is 5.21. The van der Waals surface area contributed by atoms with Crippen molar-refractivity contribution in [3.05, 3.63) is 24.3 Å². The quantitative estimate of drug-likeness (QED) is 0.787. The van der Waals surface area contributed by atoms with Crippen molar-refractivity contribution in [2.45, 2.75) is 36.6 Å². The summed E-state index contributed by atoms with van der Waals surface area (Å²) in [6.45, 7) is 7.50. The van der Waals surface area contributed by atoms with E-state index in [4.69, 9.17) is 0 Å². The van der Waals surface area contributed by atoms with Gasteiger partial charge >= 0.3 is 0 Å². The van der Waals surface area contributed by atoms with Gasteiger partial charge in [0.1, 0.15) is 0 Å². The Morgan fingerprint density at radius 3 is 2.21 bits per heavy atom. The molecule has 0 fully saturated rings. The Bertz CT molecular complexity index is 481. The maximum Gasteiger partial charge on any atom is 0.175 e. The van der Waals surface area contributed by atoms with Crippen molar-refractivity contribution in [2.75, 3.05) is 18.6 Å². The van der Waals surface area contributed by atoms with Gasteiger partial charge < -0.3 is 5.32 Å². The molecular weight excluding hydrogens is 278 g/mol. The molecule has 1 rings (SSSR count). The zero-order valence-corrected chi connectivity index (χ0v) is 13.6. The van der Waals surface area contributed by atoms with Crippen molar-refractivity contribution in [1.82, 2.24) is 5.32 Å². The average molecular weight is 301 g/mol. The van der Waals surface area contributed by atoms with Crippen LogP contribution in [0.1, 0.15) is 20.8 Å². The molecule has 0 saturated carbocycles. The lowest BCUT2D eigenvalue weighted by Gasteiger charge is -2.21. The smallest absolute Gasteiger partial charge is 0.175 e. The summed E-state index contributed by atoms with van der Waals surface area (Å²) >= 11 is 1.76. The fourth-order valence-corrected chi connectivity index (χ4v) is 3.55. The number of thioether (sulfide) groups is 1. The minimum atomic E-state index is -3.09. The van der Waals surface area contributed by atoms with Crippen LogP contribution in [-0.4, -0.2) is 33.0 Å². The van der Waals surface area contributed by atoms with E-state index in [-0.39, 0.29) is 0 Å². The summed E-state index contributed by atoms with van der Waals surface area (Å²) in [6.07, 6.45) is 1.23. The van der Waals surface area contributed by atoms with Crippen LogP contribution in [-0.2, 0) is 9.84 Å². The first kappa shape index (κ1) is 16.5. The molecule has 0 spiro atoms. The number of sulfone groups is 1. The molecule has 1 atom stereocenters. The van der Waals surface area contributed by atoms with Crippen LogP contribution in [0.15, 0.2) is 34.1 Å². The van der Waals surface area contributed by atoms with Gasteiger partial charge in [-0.25, -0.2) is 8.42 Å². The summed E-state index contributed by atoms with van der Waals surface area (Å²) in [4.78, 5) is 1.49. The van der Waals surface area contributed by atoms with Crippen molar-refractivity contribution < 1.29 is 8.42 Å². The lowest BCUT2D eigenvalue weighted by molar-refractivity contribution is 0.443. The van der Waals surface area contributed by atoms with Crippen LogP contribution in [0.2, 0.25) is 0 Å². The summed E-state index contributed by atoms with van der Waals surface area (Å²) < 4.78 is 22.7. The number of hydrogen-bond acceptors (Lipinski definition) is 4. The van der Waals surface area contributed by atoms with Gasteiger partial charge in [0.2, 0.25) is 0 Å². The minimum absolute atomic E-state index is 0.379. The molecule has 19 heavy (non-hydrogen) atoms. The second kappa shape index (κ2) is 7.31. The van der Waals surface area contributed by atoms with E-state index in [1.165, 1.54) is 6.26 Å². The molecule has 1 aromatic carbocycles. The van der Waals surface area contributed by atoms with Crippen molar-refractivity contribution in [3.8, 4) is 0 Å². The number of benzene rings is 1. The molecule has 1 N–H and O–H groups in total. The molecule has 5 heteroatoms. The van der Waals surface area contributed by atoms with Gasteiger partial charge in [-0.05, 0) is 36.7 Å². The first-order chi connectivity index (χ1) is 8.84. The van der Waals surface area contributed by atoms with Crippen LogP contribution in [0, 0.1) is 5.92 Å². The molecule has 0 aliphatic carbocycles. The molecule has 0 aliphatic heterocycles. The number of nitrogens with one attached hydrogen (secondary N) is 1. The Morgan fingerprint density at radius 2 is 1.79 bits per heavy atom. The monoisotopic (exact) mass is 301 g/mol. The fourth-order valence-electron chi connectivity index (χ4n) is 1.72. The second-order valence-corrected chi connectivity index (χ2v) is 8.07. The van der Waals surface area contributed by atoms with Crippen LogP contribution in [0.4, 0.5) is 0 Å². The van der Waals surface area contributed by atoms with E-state index in [9.17, 15) is 8.42 Å². The maximum absolute atomic E-state index is 11.4. The van der Waals surface area contributed by atoms with Gasteiger partial charge in [-0.3, -0.25) is 0 Å². The highest BCUT2D eigenvalue weighted by molar-refractivity contribution is 7.99. The molecule has 0 bridgehead atoms. The summed E-state index contributed by atoms with van der Waals surface area (Å²) in [6, 6.07) is 7.59. The maximum atomic E-state index is 11.4. The van der Waals surface area contributed by atoms with E-state index >= 15 is 0 Å². The van der Waals surface area contributed by atoms with Gasteiger partial charge in [0.25, 0.3) is 0 Å². The molecule has 0 radical (unpaired) electrons. The summed E-state index contributed by atoms with van der Waals surface area (Å²) in [5.41, 5.74) is 0. The normalized spacial score (nSPS) is 13.7. The predicted molar refractivity (Wildman–Crippen MR) is 82.6 cm³/mol. The first-order valence-electron chi connectivity index (χ1n) is 6.51. The van der Waals surface area contributed by atoms with Crippen molar-refractivity contribution in [1.29, 1.82) is 0 Å². The lowest BCUT2D eigenvalue weighted by Crippen LogP contribution is -2.35. The van der Waals surface area contributed by atoms with Gasteiger partial charge in [0.05, 0.1) is 4.90 Å². The van der Waals surface area contributed by atoms with Crippen LogP contribution < -0.4 is 5.32 Å². The minimum Gasteiger partial charge on any atom is -0.313 e. The van der Waals surface area contributed by atoms with E-state index in [2.05, 4.69) is 26.1 Å². The average Bonchev–Trinajstić information content (AvgIpc) is 2.33. The first-order valence-corrected chi connectivity index (χ1v) is 9.38. The molecule has 1 aromatic rings. The van der Waals surface area contributed by atoms with E-state index < -0.39 is 9.84 Å². The lowest BCUT2D eigenvalue weighted by atomic mass is 10.1.